The van der Waals surface area contributed by atoms with Crippen LogP contribution in [0.4, 0.5) is 0 Å². The van der Waals surface area contributed by atoms with Gasteiger partial charge in [0.05, 0.1) is 0 Å². The zero-order valence-electron chi connectivity index (χ0n) is 30.7. The number of allylic oxidation sites excluding steroid dienone is 2. The summed E-state index contributed by atoms with van der Waals surface area (Å²) in [6.07, 6.45) is 7.07. The fourth-order valence-electron chi connectivity index (χ4n) is 4.32. The van der Waals surface area contributed by atoms with Gasteiger partial charge in [-0.25, -0.2) is 0 Å². The molecule has 2 rings (SSSR count). The molecule has 3 N–H and O–H groups in total. The van der Waals surface area contributed by atoms with Gasteiger partial charge in [-0.2, -0.15) is 0 Å². The van der Waals surface area contributed by atoms with Gasteiger partial charge >= 0.3 is 0 Å². The molecule has 0 saturated carbocycles. The zero-order chi connectivity index (χ0) is 34.2. The van der Waals surface area contributed by atoms with E-state index >= 15 is 0 Å². The van der Waals surface area contributed by atoms with Crippen molar-refractivity contribution in [3.8, 4) is 0 Å². The van der Waals surface area contributed by atoms with E-state index in [0.717, 1.165) is 46.8 Å². The maximum Gasteiger partial charge on any atom is 0.0310 e. The van der Waals surface area contributed by atoms with Crippen LogP contribution in [0.3, 0.4) is 0 Å². The van der Waals surface area contributed by atoms with E-state index in [0.29, 0.717) is 17.4 Å². The predicted octanol–water partition coefficient (Wildman–Crippen LogP) is 10.3. The Kier molecular flexibility index (Phi) is 27.7. The number of hydrogen-bond acceptors (Lipinski definition) is 5. The number of nitrogens with one attached hydrogen (secondary N) is 3. The zero-order valence-corrected chi connectivity index (χ0v) is 31.6. The number of nitrogens with zero attached hydrogens (tertiary/aromatic N) is 1. The lowest BCUT2D eigenvalue weighted by Gasteiger charge is -2.30. The average Bonchev–Trinajstić information content (AvgIpc) is 3.47. The van der Waals surface area contributed by atoms with E-state index in [2.05, 4.69) is 139 Å². The normalized spacial score (nSPS) is 15.8. The Morgan fingerprint density at radius 2 is 1.60 bits per heavy atom. The van der Waals surface area contributed by atoms with Gasteiger partial charge in [0, 0.05) is 48.5 Å². The van der Waals surface area contributed by atoms with Gasteiger partial charge in [0.25, 0.3) is 0 Å². The first kappa shape index (κ1) is 45.3. The van der Waals surface area contributed by atoms with Crippen LogP contribution in [0, 0.1) is 17.3 Å². The minimum atomic E-state index is 0.305. The van der Waals surface area contributed by atoms with Gasteiger partial charge in [-0.15, -0.1) is 25.8 Å². The molecule has 3 unspecified atom stereocenters. The number of rotatable bonds is 11. The van der Waals surface area contributed by atoms with Crippen LogP contribution in [0.15, 0.2) is 68.2 Å². The molecule has 0 bridgehead atoms. The van der Waals surface area contributed by atoms with E-state index in [4.69, 9.17) is 0 Å². The highest BCUT2D eigenvalue weighted by Crippen LogP contribution is 2.25. The molecule has 5 heteroatoms. The van der Waals surface area contributed by atoms with Crippen molar-refractivity contribution in [2.45, 2.75) is 120 Å². The van der Waals surface area contributed by atoms with E-state index < -0.39 is 0 Å². The van der Waals surface area contributed by atoms with Gasteiger partial charge in [0.15, 0.2) is 0 Å². The van der Waals surface area contributed by atoms with Gasteiger partial charge in [0.1, 0.15) is 0 Å². The minimum Gasteiger partial charge on any atom is -0.391 e. The molecular weight excluding hydrogens is 545 g/mol. The topological polar surface area (TPSA) is 39.3 Å². The summed E-state index contributed by atoms with van der Waals surface area (Å²) < 4.78 is 0. The van der Waals surface area contributed by atoms with Gasteiger partial charge in [0.2, 0.25) is 0 Å². The van der Waals surface area contributed by atoms with Crippen molar-refractivity contribution in [3.63, 3.8) is 0 Å². The first-order chi connectivity index (χ1) is 20.2. The van der Waals surface area contributed by atoms with Crippen molar-refractivity contribution in [3.05, 3.63) is 79.3 Å². The first-order valence-corrected chi connectivity index (χ1v) is 16.8. The monoisotopic (exact) mass is 617 g/mol. The summed E-state index contributed by atoms with van der Waals surface area (Å²) in [6, 6.07) is 9.68. The highest BCUT2D eigenvalue weighted by Gasteiger charge is 2.25. The van der Waals surface area contributed by atoms with Gasteiger partial charge in [-0.05, 0) is 74.7 Å². The molecule has 3 atom stereocenters. The van der Waals surface area contributed by atoms with Crippen LogP contribution in [0.2, 0.25) is 0 Å². The number of hydrogen-bond donors (Lipinski definition) is 4. The molecule has 0 aromatic heterocycles. The highest BCUT2D eigenvalue weighted by molar-refractivity contribution is 7.90. The second-order valence-electron chi connectivity index (χ2n) is 12.4. The van der Waals surface area contributed by atoms with Crippen LogP contribution in [0.25, 0.3) is 4.91 Å². The number of likely N-dealkylation sites (tertiary alicyclic amines) is 1. The Labute approximate surface area is 275 Å². The summed E-state index contributed by atoms with van der Waals surface area (Å²) in [5, 5.41) is 9.67. The molecule has 1 fully saturated rings. The largest absolute Gasteiger partial charge is 0.391 e. The third-order valence-electron chi connectivity index (χ3n) is 7.59. The molecule has 1 aromatic carbocycles. The second-order valence-corrected chi connectivity index (χ2v) is 12.8. The molecule has 1 aliphatic heterocycles. The van der Waals surface area contributed by atoms with Gasteiger partial charge < -0.3 is 20.9 Å². The molecule has 4 nitrogen and oxygen atoms in total. The van der Waals surface area contributed by atoms with Crippen molar-refractivity contribution in [1.82, 2.24) is 20.9 Å². The first-order valence-electron chi connectivity index (χ1n) is 16.4. The van der Waals surface area contributed by atoms with Crippen molar-refractivity contribution in [2.24, 2.45) is 17.3 Å². The average molecular weight is 617 g/mol. The Morgan fingerprint density at radius 1 is 1.07 bits per heavy atom. The van der Waals surface area contributed by atoms with Crippen LogP contribution in [0.1, 0.15) is 113 Å². The summed E-state index contributed by atoms with van der Waals surface area (Å²) in [6.45, 7) is 40.0. The Morgan fingerprint density at radius 3 is 2.00 bits per heavy atom. The summed E-state index contributed by atoms with van der Waals surface area (Å²) in [4.78, 5) is 3.39. The Bertz CT molecular complexity index is 867. The molecular formula is C38H72N4S. The fraction of sp³-hybridized carbons (Fsp3) is 0.632. The SMILES string of the molecule is C=C.C=C(CC(C)C)NC(C)C(C)(C)C.C=CN1CCCC1C(C)CC.CC.CNCc1ccc(/C(S)=C(\C)NC)cc1. The van der Waals surface area contributed by atoms with Crippen LogP contribution in [0.5, 0.6) is 0 Å². The maximum atomic E-state index is 4.48. The molecule has 1 heterocycles. The minimum absolute atomic E-state index is 0.305. The fourth-order valence-corrected chi connectivity index (χ4v) is 4.58. The highest BCUT2D eigenvalue weighted by atomic mass is 32.1. The molecule has 0 radical (unpaired) electrons. The lowest BCUT2D eigenvalue weighted by atomic mass is 9.87. The van der Waals surface area contributed by atoms with E-state index in [1.807, 2.05) is 41.1 Å². The second kappa shape index (κ2) is 26.3. The number of thiol groups is 1. The van der Waals surface area contributed by atoms with Crippen LogP contribution in [-0.4, -0.2) is 37.6 Å². The molecule has 43 heavy (non-hydrogen) atoms. The van der Waals surface area contributed by atoms with Gasteiger partial charge in [-0.3, -0.25) is 0 Å². The van der Waals surface area contributed by atoms with Crippen molar-refractivity contribution in [1.29, 1.82) is 0 Å². The Hall–Kier alpha value is -2.11. The van der Waals surface area contributed by atoms with Crippen molar-refractivity contribution < 1.29 is 0 Å². The van der Waals surface area contributed by atoms with E-state index in [9.17, 15) is 0 Å². The lowest BCUT2D eigenvalue weighted by Crippen LogP contribution is -2.37. The molecule has 0 aliphatic carbocycles. The third-order valence-corrected chi connectivity index (χ3v) is 8.18. The summed E-state index contributed by atoms with van der Waals surface area (Å²) >= 11 is 4.48. The third kappa shape index (κ3) is 20.5. The molecule has 0 spiro atoms. The standard InChI is InChI=1S/C12H18N2S.C12H25N.C10H19N.C2H6.C2H4/c1-9(14-3)12(15)11-6-4-10(5-7-11)8-13-2;1-9(2)8-10(3)13-11(4)12(5,6)7;1-4-9(3)10-7-6-8-11(10)5-2;2*1-2/h4-7,13-15H,8H2,1-3H3;9,11,13H,3,8H2,1-2,4-7H3;5,9-10H,2,4,6-8H2,1,3H3;1-2H3;1-2H2/b12-9-;;;;. The molecule has 0 amide bonds. The van der Waals surface area contributed by atoms with Crippen LogP contribution in [-0.2, 0) is 6.54 Å². The molecule has 1 aliphatic rings. The van der Waals surface area contributed by atoms with Gasteiger partial charge in [-0.1, -0.05) is 106 Å². The maximum absolute atomic E-state index is 4.48. The van der Waals surface area contributed by atoms with E-state index in [1.165, 1.54) is 31.4 Å². The quantitative estimate of drug-likeness (QED) is 0.147. The van der Waals surface area contributed by atoms with E-state index in [1.54, 1.807) is 0 Å². The smallest absolute Gasteiger partial charge is 0.0310 e. The number of benzene rings is 1. The van der Waals surface area contributed by atoms with Crippen molar-refractivity contribution >= 4 is 17.5 Å². The summed E-state index contributed by atoms with van der Waals surface area (Å²) in [5.41, 5.74) is 4.98. The lowest BCUT2D eigenvalue weighted by molar-refractivity contribution is 0.261. The molecule has 1 saturated heterocycles. The Balaban J connectivity index is -0.000000531. The predicted molar refractivity (Wildman–Crippen MR) is 202 cm³/mol. The summed E-state index contributed by atoms with van der Waals surface area (Å²) in [5.74, 6) is 1.52. The van der Waals surface area contributed by atoms with Crippen LogP contribution >= 0.6 is 12.6 Å². The summed E-state index contributed by atoms with van der Waals surface area (Å²) in [7, 11) is 3.85. The van der Waals surface area contributed by atoms with Crippen LogP contribution < -0.4 is 16.0 Å². The molecule has 250 valence electrons. The van der Waals surface area contributed by atoms with Crippen molar-refractivity contribution in [2.75, 3.05) is 20.6 Å². The van der Waals surface area contributed by atoms with E-state index in [-0.39, 0.29) is 0 Å². The molecule has 1 aromatic rings.